The molecule has 4 heteroatoms. The Bertz CT molecular complexity index is 779. The first kappa shape index (κ1) is 11.9. The van der Waals surface area contributed by atoms with Gasteiger partial charge < -0.3 is 4.98 Å². The zero-order valence-electron chi connectivity index (χ0n) is 9.78. The van der Waals surface area contributed by atoms with Crippen molar-refractivity contribution in [3.05, 3.63) is 70.6 Å². The highest BCUT2D eigenvalue weighted by atomic mass is 35.5. The Kier molecular flexibility index (Phi) is 2.84. The van der Waals surface area contributed by atoms with Gasteiger partial charge in [0, 0.05) is 17.1 Å². The van der Waals surface area contributed by atoms with E-state index in [9.17, 15) is 9.18 Å². The van der Waals surface area contributed by atoms with Gasteiger partial charge in [-0.15, -0.1) is 0 Å². The van der Waals surface area contributed by atoms with Gasteiger partial charge in [0.25, 0.3) is 0 Å². The molecule has 19 heavy (non-hydrogen) atoms. The number of aromatic amines is 1. The fourth-order valence-electron chi connectivity index (χ4n) is 2.10. The normalized spacial score (nSPS) is 10.8. The van der Waals surface area contributed by atoms with Gasteiger partial charge in [-0.3, -0.25) is 4.79 Å². The zero-order chi connectivity index (χ0) is 13.4. The number of hydrogen-bond acceptors (Lipinski definition) is 1. The van der Waals surface area contributed by atoms with Crippen LogP contribution in [-0.4, -0.2) is 10.8 Å². The van der Waals surface area contributed by atoms with Crippen molar-refractivity contribution >= 4 is 28.3 Å². The van der Waals surface area contributed by atoms with E-state index in [4.69, 9.17) is 11.6 Å². The molecule has 3 aromatic rings. The first-order valence-corrected chi connectivity index (χ1v) is 6.11. The number of para-hydroxylation sites is 1. The van der Waals surface area contributed by atoms with Crippen LogP contribution in [0.1, 0.15) is 15.9 Å². The maximum atomic E-state index is 13.7. The molecule has 2 nitrogen and oxygen atoms in total. The molecule has 1 N–H and O–H groups in total. The van der Waals surface area contributed by atoms with E-state index in [2.05, 4.69) is 4.98 Å². The molecule has 0 fully saturated rings. The van der Waals surface area contributed by atoms with Gasteiger partial charge >= 0.3 is 0 Å². The van der Waals surface area contributed by atoms with E-state index in [1.807, 2.05) is 0 Å². The van der Waals surface area contributed by atoms with Crippen molar-refractivity contribution in [2.24, 2.45) is 0 Å². The second kappa shape index (κ2) is 4.52. The van der Waals surface area contributed by atoms with Crippen molar-refractivity contribution in [3.63, 3.8) is 0 Å². The number of hydrogen-bond donors (Lipinski definition) is 1. The van der Waals surface area contributed by atoms with E-state index in [1.54, 1.807) is 36.5 Å². The lowest BCUT2D eigenvalue weighted by Gasteiger charge is -2.01. The van der Waals surface area contributed by atoms with E-state index in [0.717, 1.165) is 0 Å². The molecular formula is C15H9ClFNO. The van der Waals surface area contributed by atoms with Crippen molar-refractivity contribution in [2.75, 3.05) is 0 Å². The van der Waals surface area contributed by atoms with E-state index >= 15 is 0 Å². The minimum atomic E-state index is -0.524. The maximum Gasteiger partial charge on any atom is 0.198 e. The van der Waals surface area contributed by atoms with E-state index in [-0.39, 0.29) is 11.3 Å². The minimum Gasteiger partial charge on any atom is -0.359 e. The number of ketones is 1. The van der Waals surface area contributed by atoms with E-state index in [0.29, 0.717) is 21.5 Å². The highest BCUT2D eigenvalue weighted by Gasteiger charge is 2.17. The van der Waals surface area contributed by atoms with Gasteiger partial charge in [-0.1, -0.05) is 35.9 Å². The number of H-pyrrole nitrogens is 1. The smallest absolute Gasteiger partial charge is 0.198 e. The van der Waals surface area contributed by atoms with Crippen LogP contribution in [0, 0.1) is 5.82 Å². The number of fused-ring (bicyclic) bond motifs is 1. The third kappa shape index (κ3) is 1.92. The Labute approximate surface area is 113 Å². The lowest BCUT2D eigenvalue weighted by atomic mass is 10.0. The largest absolute Gasteiger partial charge is 0.359 e. The van der Waals surface area contributed by atoms with Gasteiger partial charge in [0.1, 0.15) is 5.82 Å². The molecule has 0 saturated heterocycles. The summed E-state index contributed by atoms with van der Waals surface area (Å²) in [6.45, 7) is 0. The quantitative estimate of drug-likeness (QED) is 0.698. The van der Waals surface area contributed by atoms with Crippen LogP contribution in [0.4, 0.5) is 4.39 Å². The number of benzene rings is 2. The lowest BCUT2D eigenvalue weighted by molar-refractivity contribution is 0.103. The molecule has 1 aromatic heterocycles. The Morgan fingerprint density at radius 3 is 2.63 bits per heavy atom. The van der Waals surface area contributed by atoms with Crippen LogP contribution in [0.5, 0.6) is 0 Å². The topological polar surface area (TPSA) is 32.9 Å². The summed E-state index contributed by atoms with van der Waals surface area (Å²) in [7, 11) is 0. The molecule has 0 aliphatic rings. The Balaban J connectivity index is 2.18. The first-order chi connectivity index (χ1) is 9.18. The zero-order valence-corrected chi connectivity index (χ0v) is 10.5. The van der Waals surface area contributed by atoms with Gasteiger partial charge in [-0.2, -0.15) is 0 Å². The number of halogens is 2. The summed E-state index contributed by atoms with van der Waals surface area (Å²) in [4.78, 5) is 15.3. The lowest BCUT2D eigenvalue weighted by Crippen LogP contribution is -2.03. The van der Waals surface area contributed by atoms with Gasteiger partial charge in [-0.05, 0) is 18.2 Å². The molecule has 1 heterocycles. The van der Waals surface area contributed by atoms with Crippen molar-refractivity contribution < 1.29 is 9.18 Å². The van der Waals surface area contributed by atoms with Crippen LogP contribution in [0.15, 0.2) is 48.7 Å². The van der Waals surface area contributed by atoms with Crippen LogP contribution in [0.25, 0.3) is 10.9 Å². The summed E-state index contributed by atoms with van der Waals surface area (Å²) in [6, 6.07) is 11.2. The molecule has 0 bridgehead atoms. The monoisotopic (exact) mass is 273 g/mol. The van der Waals surface area contributed by atoms with E-state index in [1.165, 1.54) is 12.1 Å². The molecule has 0 aliphatic carbocycles. The molecule has 0 aliphatic heterocycles. The van der Waals surface area contributed by atoms with Crippen LogP contribution >= 0.6 is 11.6 Å². The van der Waals surface area contributed by atoms with Crippen molar-refractivity contribution in [1.82, 2.24) is 4.98 Å². The molecule has 3 rings (SSSR count). The fourth-order valence-corrected chi connectivity index (χ4v) is 2.32. The van der Waals surface area contributed by atoms with Crippen LogP contribution in [-0.2, 0) is 0 Å². The summed E-state index contributed by atoms with van der Waals surface area (Å²) >= 11 is 6.04. The number of aromatic nitrogens is 1. The van der Waals surface area contributed by atoms with Crippen LogP contribution < -0.4 is 0 Å². The first-order valence-electron chi connectivity index (χ1n) is 5.73. The summed E-state index contributed by atoms with van der Waals surface area (Å²) in [5.41, 5.74) is 1.16. The Morgan fingerprint density at radius 2 is 1.84 bits per heavy atom. The fraction of sp³-hybridized carbons (Fsp3) is 0. The average molecular weight is 274 g/mol. The molecule has 2 aromatic carbocycles. The number of nitrogens with one attached hydrogen (secondary N) is 1. The standard InChI is InChI=1S/C15H9ClFNO/c16-12-6-3-5-9-11(8-18-14(9)12)15(19)10-4-1-2-7-13(10)17/h1-8,18H. The molecule has 0 saturated carbocycles. The molecule has 94 valence electrons. The van der Waals surface area contributed by atoms with Gasteiger partial charge in [0.15, 0.2) is 5.78 Å². The van der Waals surface area contributed by atoms with Crippen molar-refractivity contribution in [3.8, 4) is 0 Å². The van der Waals surface area contributed by atoms with Crippen LogP contribution in [0.3, 0.4) is 0 Å². The van der Waals surface area contributed by atoms with E-state index < -0.39 is 5.82 Å². The maximum absolute atomic E-state index is 13.7. The molecule has 0 atom stereocenters. The van der Waals surface area contributed by atoms with Gasteiger partial charge in [-0.25, -0.2) is 4.39 Å². The Hall–Kier alpha value is -2.13. The minimum absolute atomic E-state index is 0.0587. The molecular weight excluding hydrogens is 265 g/mol. The number of carbonyl (C=O) groups is 1. The highest BCUT2D eigenvalue weighted by molar-refractivity contribution is 6.35. The summed E-state index contributed by atoms with van der Waals surface area (Å²) in [5, 5.41) is 1.23. The molecule has 0 amide bonds. The molecule has 0 radical (unpaired) electrons. The van der Waals surface area contributed by atoms with Gasteiger partial charge in [0.2, 0.25) is 0 Å². The second-order valence-electron chi connectivity index (χ2n) is 4.17. The summed E-state index contributed by atoms with van der Waals surface area (Å²) in [6.07, 6.45) is 1.56. The predicted octanol–water partition coefficient (Wildman–Crippen LogP) is 4.19. The Morgan fingerprint density at radius 1 is 1.05 bits per heavy atom. The third-order valence-electron chi connectivity index (χ3n) is 3.03. The number of rotatable bonds is 2. The number of carbonyl (C=O) groups excluding carboxylic acids is 1. The highest BCUT2D eigenvalue weighted by Crippen LogP contribution is 2.27. The third-order valence-corrected chi connectivity index (χ3v) is 3.34. The SMILES string of the molecule is O=C(c1ccccc1F)c1c[nH]c2c(Cl)cccc12. The molecule has 0 unspecified atom stereocenters. The predicted molar refractivity (Wildman–Crippen MR) is 73.1 cm³/mol. The summed E-state index contributed by atoms with van der Waals surface area (Å²) < 4.78 is 13.7. The molecule has 0 spiro atoms. The van der Waals surface area contributed by atoms with Crippen LogP contribution in [0.2, 0.25) is 5.02 Å². The average Bonchev–Trinajstić information content (AvgIpc) is 2.84. The summed E-state index contributed by atoms with van der Waals surface area (Å²) in [5.74, 6) is -0.879. The van der Waals surface area contributed by atoms with Crippen molar-refractivity contribution in [2.45, 2.75) is 0 Å². The van der Waals surface area contributed by atoms with Crippen molar-refractivity contribution in [1.29, 1.82) is 0 Å². The second-order valence-corrected chi connectivity index (χ2v) is 4.58. The van der Waals surface area contributed by atoms with Gasteiger partial charge in [0.05, 0.1) is 16.1 Å².